The van der Waals surface area contributed by atoms with Crippen LogP contribution in [0.2, 0.25) is 0 Å². The molecule has 0 bridgehead atoms. The Labute approximate surface area is 138 Å². The number of piperidine rings is 1. The minimum Gasteiger partial charge on any atom is -0.497 e. The van der Waals surface area contributed by atoms with Gasteiger partial charge >= 0.3 is 0 Å². The van der Waals surface area contributed by atoms with E-state index in [1.165, 1.54) is 0 Å². The molecule has 1 heterocycles. The Balaban J connectivity index is 0.00000242. The van der Waals surface area contributed by atoms with Gasteiger partial charge in [-0.2, -0.15) is 0 Å². The average Bonchev–Trinajstić information content (AvgIpc) is 2.53. The first kappa shape index (κ1) is 18.6. The second-order valence-corrected chi connectivity index (χ2v) is 5.33. The van der Waals surface area contributed by atoms with E-state index in [0.29, 0.717) is 12.8 Å². The Hall–Kier alpha value is -1.46. The standard InChI is InChI=1S/C16H24N2O3.ClH/c1-20-14-8-12(9-15(10-14)21-2)5-6-16(19)18-13-4-3-7-17-11-13;/h8-10,13,17H,3-7,11H2,1-2H3,(H,18,19);1H/t13-;/m0./s1. The predicted molar refractivity (Wildman–Crippen MR) is 89.1 cm³/mol. The van der Waals surface area contributed by atoms with Crippen molar-refractivity contribution < 1.29 is 14.3 Å². The van der Waals surface area contributed by atoms with Crippen LogP contribution >= 0.6 is 12.4 Å². The van der Waals surface area contributed by atoms with Gasteiger partial charge in [0.05, 0.1) is 14.2 Å². The van der Waals surface area contributed by atoms with E-state index in [4.69, 9.17) is 9.47 Å². The summed E-state index contributed by atoms with van der Waals surface area (Å²) in [5.74, 6) is 1.60. The highest BCUT2D eigenvalue weighted by Gasteiger charge is 2.15. The van der Waals surface area contributed by atoms with Crippen LogP contribution < -0.4 is 20.1 Å². The SMILES string of the molecule is COc1cc(CCC(=O)N[C@H]2CCCNC2)cc(OC)c1.Cl. The van der Waals surface area contributed by atoms with Crippen LogP contribution in [0.4, 0.5) is 0 Å². The van der Waals surface area contributed by atoms with E-state index in [1.54, 1.807) is 14.2 Å². The number of benzene rings is 1. The van der Waals surface area contributed by atoms with Crippen LogP contribution in [0, 0.1) is 0 Å². The number of carbonyl (C=O) groups is 1. The third-order valence-electron chi connectivity index (χ3n) is 3.71. The normalized spacial score (nSPS) is 17.3. The third kappa shape index (κ3) is 5.73. The molecule has 2 rings (SSSR count). The van der Waals surface area contributed by atoms with Crippen LogP contribution in [0.1, 0.15) is 24.8 Å². The van der Waals surface area contributed by atoms with Crippen LogP contribution in [-0.2, 0) is 11.2 Å². The van der Waals surface area contributed by atoms with Gasteiger partial charge in [0.25, 0.3) is 0 Å². The van der Waals surface area contributed by atoms with Gasteiger partial charge in [-0.05, 0) is 43.5 Å². The van der Waals surface area contributed by atoms with E-state index < -0.39 is 0 Å². The van der Waals surface area contributed by atoms with E-state index >= 15 is 0 Å². The summed E-state index contributed by atoms with van der Waals surface area (Å²) in [5.41, 5.74) is 1.04. The summed E-state index contributed by atoms with van der Waals surface area (Å²) in [4.78, 5) is 12.0. The Morgan fingerprint density at radius 1 is 1.27 bits per heavy atom. The summed E-state index contributed by atoms with van der Waals surface area (Å²) < 4.78 is 10.5. The summed E-state index contributed by atoms with van der Waals surface area (Å²) in [6.07, 6.45) is 3.34. The first-order valence-electron chi connectivity index (χ1n) is 7.43. The van der Waals surface area contributed by atoms with Gasteiger partial charge in [0.2, 0.25) is 5.91 Å². The quantitative estimate of drug-likeness (QED) is 0.837. The minimum atomic E-state index is 0. The molecule has 0 spiro atoms. The molecule has 1 aromatic carbocycles. The molecule has 1 saturated heterocycles. The van der Waals surface area contributed by atoms with Gasteiger partial charge in [-0.1, -0.05) is 0 Å². The van der Waals surface area contributed by atoms with Crippen molar-refractivity contribution in [3.63, 3.8) is 0 Å². The summed E-state index contributed by atoms with van der Waals surface area (Å²) >= 11 is 0. The van der Waals surface area contributed by atoms with Crippen molar-refractivity contribution in [2.45, 2.75) is 31.7 Å². The number of carbonyl (C=O) groups excluding carboxylic acids is 1. The Bertz CT molecular complexity index is 454. The highest BCUT2D eigenvalue weighted by molar-refractivity contribution is 5.85. The van der Waals surface area contributed by atoms with Crippen LogP contribution in [-0.4, -0.2) is 39.3 Å². The van der Waals surface area contributed by atoms with Crippen molar-refractivity contribution >= 4 is 18.3 Å². The zero-order valence-corrected chi connectivity index (χ0v) is 14.0. The van der Waals surface area contributed by atoms with Gasteiger partial charge in [-0.25, -0.2) is 0 Å². The molecule has 0 aliphatic carbocycles. The lowest BCUT2D eigenvalue weighted by Gasteiger charge is -2.23. The number of hydrogen-bond donors (Lipinski definition) is 2. The Kier molecular flexibility index (Phi) is 8.06. The molecular weight excluding hydrogens is 304 g/mol. The van der Waals surface area contributed by atoms with E-state index in [9.17, 15) is 4.79 Å². The number of hydrogen-bond acceptors (Lipinski definition) is 4. The maximum Gasteiger partial charge on any atom is 0.220 e. The van der Waals surface area contributed by atoms with Crippen molar-refractivity contribution in [3.05, 3.63) is 23.8 Å². The number of methoxy groups -OCH3 is 2. The molecule has 1 fully saturated rings. The van der Waals surface area contributed by atoms with E-state index in [1.807, 2.05) is 18.2 Å². The van der Waals surface area contributed by atoms with Crippen LogP contribution in [0.3, 0.4) is 0 Å². The highest BCUT2D eigenvalue weighted by atomic mass is 35.5. The fraction of sp³-hybridized carbons (Fsp3) is 0.562. The zero-order chi connectivity index (χ0) is 15.1. The lowest BCUT2D eigenvalue weighted by Crippen LogP contribution is -2.45. The largest absolute Gasteiger partial charge is 0.497 e. The summed E-state index contributed by atoms with van der Waals surface area (Å²) in [6, 6.07) is 5.99. The molecule has 1 aliphatic heterocycles. The third-order valence-corrected chi connectivity index (χ3v) is 3.71. The van der Waals surface area contributed by atoms with Crippen molar-refractivity contribution in [1.82, 2.24) is 10.6 Å². The molecule has 1 aliphatic rings. The first-order chi connectivity index (χ1) is 10.2. The molecule has 0 aromatic heterocycles. The molecule has 124 valence electrons. The van der Waals surface area contributed by atoms with E-state index in [0.717, 1.165) is 43.0 Å². The number of aryl methyl sites for hydroxylation is 1. The van der Waals surface area contributed by atoms with E-state index in [2.05, 4.69) is 10.6 Å². The van der Waals surface area contributed by atoms with Gasteiger partial charge in [0, 0.05) is 25.1 Å². The lowest BCUT2D eigenvalue weighted by atomic mass is 10.1. The predicted octanol–water partition coefficient (Wildman–Crippen LogP) is 1.93. The zero-order valence-electron chi connectivity index (χ0n) is 13.2. The van der Waals surface area contributed by atoms with Crippen LogP contribution in [0.5, 0.6) is 11.5 Å². The molecule has 2 N–H and O–H groups in total. The number of rotatable bonds is 6. The van der Waals surface area contributed by atoms with Crippen molar-refractivity contribution in [2.75, 3.05) is 27.3 Å². The number of halogens is 1. The molecule has 0 unspecified atom stereocenters. The molecule has 6 heteroatoms. The molecule has 5 nitrogen and oxygen atoms in total. The summed E-state index contributed by atoms with van der Waals surface area (Å²) in [7, 11) is 3.25. The molecule has 22 heavy (non-hydrogen) atoms. The molecule has 0 radical (unpaired) electrons. The smallest absolute Gasteiger partial charge is 0.220 e. The van der Waals surface area contributed by atoms with Crippen molar-refractivity contribution in [2.24, 2.45) is 0 Å². The maximum absolute atomic E-state index is 12.0. The van der Waals surface area contributed by atoms with Gasteiger partial charge in [-0.15, -0.1) is 12.4 Å². The van der Waals surface area contributed by atoms with Gasteiger partial charge < -0.3 is 20.1 Å². The lowest BCUT2D eigenvalue weighted by molar-refractivity contribution is -0.121. The monoisotopic (exact) mass is 328 g/mol. The fourth-order valence-corrected chi connectivity index (χ4v) is 2.54. The van der Waals surface area contributed by atoms with E-state index in [-0.39, 0.29) is 24.4 Å². The second kappa shape index (κ2) is 9.54. The van der Waals surface area contributed by atoms with Crippen LogP contribution in [0.15, 0.2) is 18.2 Å². The van der Waals surface area contributed by atoms with Crippen molar-refractivity contribution in [3.8, 4) is 11.5 Å². The molecule has 1 aromatic rings. The van der Waals surface area contributed by atoms with Crippen LogP contribution in [0.25, 0.3) is 0 Å². The Morgan fingerprint density at radius 3 is 2.50 bits per heavy atom. The fourth-order valence-electron chi connectivity index (χ4n) is 2.54. The number of amides is 1. The van der Waals surface area contributed by atoms with Crippen molar-refractivity contribution in [1.29, 1.82) is 0 Å². The molecule has 1 atom stereocenters. The summed E-state index contributed by atoms with van der Waals surface area (Å²) in [6.45, 7) is 1.93. The summed E-state index contributed by atoms with van der Waals surface area (Å²) in [5, 5.41) is 6.38. The average molecular weight is 329 g/mol. The second-order valence-electron chi connectivity index (χ2n) is 5.33. The first-order valence-corrected chi connectivity index (χ1v) is 7.43. The minimum absolute atomic E-state index is 0. The number of nitrogens with one attached hydrogen (secondary N) is 2. The maximum atomic E-state index is 12.0. The van der Waals surface area contributed by atoms with Gasteiger partial charge in [0.1, 0.15) is 11.5 Å². The highest BCUT2D eigenvalue weighted by Crippen LogP contribution is 2.23. The topological polar surface area (TPSA) is 59.6 Å². The van der Waals surface area contributed by atoms with Gasteiger partial charge in [0.15, 0.2) is 0 Å². The molecule has 0 saturated carbocycles. The van der Waals surface area contributed by atoms with Gasteiger partial charge in [-0.3, -0.25) is 4.79 Å². The Morgan fingerprint density at radius 2 is 1.95 bits per heavy atom. The number of ether oxygens (including phenoxy) is 2. The molecular formula is C16H25ClN2O3. The molecule has 1 amide bonds.